The lowest BCUT2D eigenvalue weighted by molar-refractivity contribution is 0.0164. The molecule has 1 heterocycles. The summed E-state index contributed by atoms with van der Waals surface area (Å²) in [5.74, 6) is -0.754. The van der Waals surface area contributed by atoms with Crippen LogP contribution in [0.1, 0.15) is 60.8 Å². The van der Waals surface area contributed by atoms with Crippen molar-refractivity contribution in [3.8, 4) is 0 Å². The number of pyridine rings is 1. The average Bonchev–Trinajstić information content (AvgIpc) is 2.75. The Labute approximate surface area is 191 Å². The molecule has 1 aromatic heterocycles. The summed E-state index contributed by atoms with van der Waals surface area (Å²) in [5, 5.41) is 0. The van der Waals surface area contributed by atoms with Gasteiger partial charge in [0.05, 0.1) is 19.0 Å². The predicted molar refractivity (Wildman–Crippen MR) is 120 cm³/mol. The van der Waals surface area contributed by atoms with E-state index >= 15 is 0 Å². The fraction of sp³-hybridized carbons (Fsp3) is 0.522. The highest BCUT2D eigenvalue weighted by Crippen LogP contribution is 2.34. The molecule has 1 atom stereocenters. The normalized spacial score (nSPS) is 20.2. The molecule has 33 heavy (non-hydrogen) atoms. The van der Waals surface area contributed by atoms with Crippen LogP contribution in [0.5, 0.6) is 0 Å². The number of sulfonamides is 1. The summed E-state index contributed by atoms with van der Waals surface area (Å²) in [6.45, 7) is -1.53. The molecule has 0 bridgehead atoms. The Kier molecular flexibility index (Phi) is 8.36. The van der Waals surface area contributed by atoms with E-state index in [0.717, 1.165) is 43.7 Å². The Morgan fingerprint density at radius 1 is 1.18 bits per heavy atom. The van der Waals surface area contributed by atoms with Crippen LogP contribution in [-0.2, 0) is 14.8 Å². The number of halogens is 3. The number of aromatic nitrogens is 1. The summed E-state index contributed by atoms with van der Waals surface area (Å²) < 4.78 is 72.1. The molecule has 3 rings (SSSR count). The number of aryl methyl sites for hydroxylation is 1. The zero-order chi connectivity index (χ0) is 24.2. The Hall–Kier alpha value is -2.17. The van der Waals surface area contributed by atoms with E-state index < -0.39 is 28.0 Å². The van der Waals surface area contributed by atoms with Crippen molar-refractivity contribution in [3.63, 3.8) is 0 Å². The third kappa shape index (κ3) is 7.15. The maximum absolute atomic E-state index is 13.5. The number of hydrogen-bond acceptors (Lipinski definition) is 4. The van der Waals surface area contributed by atoms with Gasteiger partial charge in [0, 0.05) is 24.2 Å². The maximum Gasteiger partial charge on any atom is 0.321 e. The lowest BCUT2D eigenvalue weighted by atomic mass is 9.82. The molecule has 0 radical (unpaired) electrons. The standard InChI is InChI=1S/C23H29F3N2O4S/c1-15-10-21(22(29)28(13-15)23(25)26)18(12-27-33(2,30)31)14-32-20-8-6-16(7-9-20)17-4-3-5-19(24)11-17/h3-5,10-11,13,16,18,20,23,27H,6-9,12,14H2,1-2H3/t16-,18?,20+. The second-order valence-electron chi connectivity index (χ2n) is 8.64. The van der Waals surface area contributed by atoms with Crippen LogP contribution in [0.3, 0.4) is 0 Å². The molecule has 6 nitrogen and oxygen atoms in total. The molecule has 1 aromatic carbocycles. The second-order valence-corrected chi connectivity index (χ2v) is 10.5. The highest BCUT2D eigenvalue weighted by Gasteiger charge is 2.26. The van der Waals surface area contributed by atoms with Crippen molar-refractivity contribution in [2.75, 3.05) is 19.4 Å². The van der Waals surface area contributed by atoms with Gasteiger partial charge in [-0.1, -0.05) is 12.1 Å². The number of nitrogens with one attached hydrogen (secondary N) is 1. The maximum atomic E-state index is 13.5. The van der Waals surface area contributed by atoms with Crippen LogP contribution >= 0.6 is 0 Å². The molecule has 10 heteroatoms. The summed E-state index contributed by atoms with van der Waals surface area (Å²) in [6, 6.07) is 8.06. The molecule has 182 valence electrons. The molecule has 1 fully saturated rings. The minimum Gasteiger partial charge on any atom is -0.378 e. The number of nitrogens with zero attached hydrogens (tertiary/aromatic N) is 1. The molecule has 1 N–H and O–H groups in total. The van der Waals surface area contributed by atoms with Gasteiger partial charge >= 0.3 is 6.55 Å². The van der Waals surface area contributed by atoms with E-state index in [0.29, 0.717) is 10.1 Å². The molecule has 1 aliphatic rings. The van der Waals surface area contributed by atoms with Crippen molar-refractivity contribution >= 4 is 10.0 Å². The SMILES string of the molecule is Cc1cc(C(CNS(C)(=O)=O)CO[C@H]2CC[C@@H](c3cccc(F)c3)CC2)c(=O)n(C(F)F)c1. The first-order valence-corrected chi connectivity index (χ1v) is 12.7. The van der Waals surface area contributed by atoms with E-state index in [-0.39, 0.29) is 36.6 Å². The molecule has 1 saturated carbocycles. The first-order valence-electron chi connectivity index (χ1n) is 10.9. The van der Waals surface area contributed by atoms with Gasteiger partial charge in [-0.15, -0.1) is 0 Å². The molecule has 0 aliphatic heterocycles. The van der Waals surface area contributed by atoms with Crippen LogP contribution in [0.25, 0.3) is 0 Å². The summed E-state index contributed by atoms with van der Waals surface area (Å²) in [5.41, 5.74) is 0.634. The molecular weight excluding hydrogens is 457 g/mol. The smallest absolute Gasteiger partial charge is 0.321 e. The molecule has 0 saturated heterocycles. The minimum atomic E-state index is -3.55. The Balaban J connectivity index is 1.70. The largest absolute Gasteiger partial charge is 0.378 e. The average molecular weight is 487 g/mol. The van der Waals surface area contributed by atoms with E-state index in [4.69, 9.17) is 4.74 Å². The Morgan fingerprint density at radius 2 is 1.88 bits per heavy atom. The van der Waals surface area contributed by atoms with Crippen molar-refractivity contribution in [3.05, 3.63) is 69.4 Å². The molecule has 0 spiro atoms. The van der Waals surface area contributed by atoms with Crippen molar-refractivity contribution in [2.45, 2.75) is 57.1 Å². The number of benzene rings is 1. The van der Waals surface area contributed by atoms with Crippen molar-refractivity contribution < 1.29 is 26.3 Å². The van der Waals surface area contributed by atoms with Gasteiger partial charge in [0.25, 0.3) is 5.56 Å². The van der Waals surface area contributed by atoms with E-state index in [1.165, 1.54) is 12.1 Å². The fourth-order valence-corrected chi connectivity index (χ4v) is 4.80. The van der Waals surface area contributed by atoms with Gasteiger partial charge in [-0.3, -0.25) is 9.36 Å². The van der Waals surface area contributed by atoms with E-state index in [2.05, 4.69) is 4.72 Å². The first-order chi connectivity index (χ1) is 15.5. The number of rotatable bonds is 9. The molecule has 2 aromatic rings. The van der Waals surface area contributed by atoms with Crippen molar-refractivity contribution in [1.82, 2.24) is 9.29 Å². The van der Waals surface area contributed by atoms with Crippen LogP contribution in [0.4, 0.5) is 13.2 Å². The monoisotopic (exact) mass is 486 g/mol. The van der Waals surface area contributed by atoms with Crippen LogP contribution in [0.15, 0.2) is 41.3 Å². The van der Waals surface area contributed by atoms with Gasteiger partial charge in [0.15, 0.2) is 0 Å². The van der Waals surface area contributed by atoms with Gasteiger partial charge in [-0.25, -0.2) is 17.5 Å². The zero-order valence-electron chi connectivity index (χ0n) is 18.6. The summed E-state index contributed by atoms with van der Waals surface area (Å²) in [6.07, 6.45) is 5.02. The molecule has 1 aliphatic carbocycles. The third-order valence-corrected chi connectivity index (χ3v) is 6.67. The lowest BCUT2D eigenvalue weighted by Crippen LogP contribution is -2.35. The fourth-order valence-electron chi connectivity index (χ4n) is 4.30. The molecule has 1 unspecified atom stereocenters. The van der Waals surface area contributed by atoms with Crippen molar-refractivity contribution in [1.29, 1.82) is 0 Å². The minimum absolute atomic E-state index is 0.0136. The Bertz CT molecular complexity index is 1110. The zero-order valence-corrected chi connectivity index (χ0v) is 19.5. The summed E-state index contributed by atoms with van der Waals surface area (Å²) in [4.78, 5) is 12.6. The summed E-state index contributed by atoms with van der Waals surface area (Å²) in [7, 11) is -3.55. The summed E-state index contributed by atoms with van der Waals surface area (Å²) >= 11 is 0. The van der Waals surface area contributed by atoms with Gasteiger partial charge < -0.3 is 4.74 Å². The third-order valence-electron chi connectivity index (χ3n) is 5.98. The van der Waals surface area contributed by atoms with E-state index in [1.807, 2.05) is 6.07 Å². The number of ether oxygens (including phenoxy) is 1. The lowest BCUT2D eigenvalue weighted by Gasteiger charge is -2.30. The van der Waals surface area contributed by atoms with E-state index in [9.17, 15) is 26.4 Å². The van der Waals surface area contributed by atoms with Crippen LogP contribution in [0.2, 0.25) is 0 Å². The van der Waals surface area contributed by atoms with Crippen LogP contribution in [-0.4, -0.2) is 38.5 Å². The quantitative estimate of drug-likeness (QED) is 0.580. The highest BCUT2D eigenvalue weighted by atomic mass is 32.2. The van der Waals surface area contributed by atoms with Gasteiger partial charge in [0.1, 0.15) is 5.82 Å². The van der Waals surface area contributed by atoms with Crippen LogP contribution in [0, 0.1) is 12.7 Å². The number of hydrogen-bond donors (Lipinski definition) is 1. The van der Waals surface area contributed by atoms with E-state index in [1.54, 1.807) is 19.1 Å². The topological polar surface area (TPSA) is 77.4 Å². The second kappa shape index (κ2) is 10.8. The predicted octanol–water partition coefficient (Wildman–Crippen LogP) is 4.07. The highest BCUT2D eigenvalue weighted by molar-refractivity contribution is 7.88. The number of alkyl halides is 2. The van der Waals surface area contributed by atoms with Gasteiger partial charge in [-0.05, 0) is 67.9 Å². The van der Waals surface area contributed by atoms with Gasteiger partial charge in [0.2, 0.25) is 10.0 Å². The molecule has 0 amide bonds. The first kappa shape index (κ1) is 25.5. The van der Waals surface area contributed by atoms with Crippen molar-refractivity contribution in [2.24, 2.45) is 0 Å². The van der Waals surface area contributed by atoms with Gasteiger partial charge in [-0.2, -0.15) is 8.78 Å². The van der Waals surface area contributed by atoms with Crippen LogP contribution < -0.4 is 10.3 Å². The molecular formula is C23H29F3N2O4S. The Morgan fingerprint density at radius 3 is 2.48 bits per heavy atom.